The molecular formula is C11H14BrN3O. The third kappa shape index (κ3) is 2.41. The highest BCUT2D eigenvalue weighted by molar-refractivity contribution is 9.10. The maximum atomic E-state index is 11.9. The Labute approximate surface area is 103 Å². The number of aromatic nitrogens is 1. The average Bonchev–Trinajstić information content (AvgIpc) is 3.05. The van der Waals surface area contributed by atoms with Gasteiger partial charge in [0.1, 0.15) is 4.60 Å². The lowest BCUT2D eigenvalue weighted by atomic mass is 9.96. The fourth-order valence-electron chi connectivity index (χ4n) is 1.58. The zero-order valence-electron chi connectivity index (χ0n) is 9.03. The minimum atomic E-state index is -0.771. The van der Waals surface area contributed by atoms with Crippen molar-refractivity contribution in [1.29, 1.82) is 0 Å². The number of hydrogen-bond acceptors (Lipinski definition) is 3. The molecule has 5 heteroatoms. The van der Waals surface area contributed by atoms with Crippen molar-refractivity contribution in [2.24, 2.45) is 11.7 Å². The summed E-state index contributed by atoms with van der Waals surface area (Å²) in [7, 11) is 0. The molecule has 0 aliphatic heterocycles. The first-order valence-electron chi connectivity index (χ1n) is 5.22. The molecule has 1 heterocycles. The topological polar surface area (TPSA) is 68.0 Å². The molecule has 0 bridgehead atoms. The summed E-state index contributed by atoms with van der Waals surface area (Å²) in [6.07, 6.45) is 3.68. The molecule has 1 fully saturated rings. The standard InChI is InChI=1S/C11H14BrN3O/c1-11(13,7-2-3-7)10(16)15-8-4-5-9(12)14-6-8/h4-7H,2-3,13H2,1H3,(H,15,16). The molecule has 0 radical (unpaired) electrons. The van der Waals surface area contributed by atoms with Crippen molar-refractivity contribution in [3.63, 3.8) is 0 Å². The minimum Gasteiger partial charge on any atom is -0.323 e. The summed E-state index contributed by atoms with van der Waals surface area (Å²) >= 11 is 3.24. The van der Waals surface area contributed by atoms with Crippen LogP contribution in [0, 0.1) is 5.92 Å². The molecule has 2 rings (SSSR count). The Bertz CT molecular complexity index is 398. The van der Waals surface area contributed by atoms with Crippen molar-refractivity contribution in [3.8, 4) is 0 Å². The first-order valence-corrected chi connectivity index (χ1v) is 6.01. The molecule has 0 spiro atoms. The molecule has 0 aromatic carbocycles. The number of halogens is 1. The van der Waals surface area contributed by atoms with E-state index in [1.54, 1.807) is 25.3 Å². The monoisotopic (exact) mass is 283 g/mol. The Kier molecular flexibility index (Phi) is 2.99. The molecule has 1 aromatic rings. The summed E-state index contributed by atoms with van der Waals surface area (Å²) in [5.74, 6) is 0.176. The van der Waals surface area contributed by atoms with E-state index < -0.39 is 5.54 Å². The highest BCUT2D eigenvalue weighted by Gasteiger charge is 2.44. The predicted molar refractivity (Wildman–Crippen MR) is 65.9 cm³/mol. The SMILES string of the molecule is CC(N)(C(=O)Nc1ccc(Br)nc1)C1CC1. The number of carbonyl (C=O) groups excluding carboxylic acids is 1. The number of nitrogens with two attached hydrogens (primary N) is 1. The van der Waals surface area contributed by atoms with Gasteiger partial charge < -0.3 is 11.1 Å². The fourth-order valence-corrected chi connectivity index (χ4v) is 1.82. The van der Waals surface area contributed by atoms with Gasteiger partial charge in [-0.1, -0.05) is 0 Å². The maximum absolute atomic E-state index is 11.9. The molecule has 86 valence electrons. The molecule has 16 heavy (non-hydrogen) atoms. The van der Waals surface area contributed by atoms with Crippen LogP contribution in [0.5, 0.6) is 0 Å². The number of pyridine rings is 1. The summed E-state index contributed by atoms with van der Waals surface area (Å²) in [5, 5.41) is 2.78. The molecule has 0 saturated heterocycles. The van der Waals surface area contributed by atoms with Crippen molar-refractivity contribution in [1.82, 2.24) is 4.98 Å². The molecule has 4 nitrogen and oxygen atoms in total. The molecule has 1 unspecified atom stereocenters. The van der Waals surface area contributed by atoms with Crippen LogP contribution < -0.4 is 11.1 Å². The number of anilines is 1. The van der Waals surface area contributed by atoms with Gasteiger partial charge in [0.05, 0.1) is 17.4 Å². The number of carbonyl (C=O) groups is 1. The van der Waals surface area contributed by atoms with Crippen LogP contribution in [0.25, 0.3) is 0 Å². The van der Waals surface area contributed by atoms with Crippen LogP contribution >= 0.6 is 15.9 Å². The van der Waals surface area contributed by atoms with Crippen LogP contribution in [0.3, 0.4) is 0 Å². The predicted octanol–water partition coefficient (Wildman–Crippen LogP) is 1.91. The van der Waals surface area contributed by atoms with Crippen molar-refractivity contribution >= 4 is 27.5 Å². The van der Waals surface area contributed by atoms with E-state index in [0.717, 1.165) is 17.4 Å². The zero-order valence-corrected chi connectivity index (χ0v) is 10.6. The minimum absolute atomic E-state index is 0.140. The highest BCUT2D eigenvalue weighted by Crippen LogP contribution is 2.38. The lowest BCUT2D eigenvalue weighted by Crippen LogP contribution is -2.50. The van der Waals surface area contributed by atoms with Crippen molar-refractivity contribution in [2.75, 3.05) is 5.32 Å². The smallest absolute Gasteiger partial charge is 0.244 e. The van der Waals surface area contributed by atoms with E-state index in [9.17, 15) is 4.79 Å². The van der Waals surface area contributed by atoms with Crippen LogP contribution in [0.15, 0.2) is 22.9 Å². The molecule has 1 atom stereocenters. The molecule has 1 aliphatic rings. The molecule has 1 aliphatic carbocycles. The van der Waals surface area contributed by atoms with E-state index in [1.165, 1.54) is 0 Å². The lowest BCUT2D eigenvalue weighted by molar-refractivity contribution is -0.121. The van der Waals surface area contributed by atoms with Gasteiger partial charge in [-0.05, 0) is 53.7 Å². The third-order valence-corrected chi connectivity index (χ3v) is 3.37. The van der Waals surface area contributed by atoms with E-state index in [-0.39, 0.29) is 5.91 Å². The average molecular weight is 284 g/mol. The summed E-state index contributed by atoms with van der Waals surface area (Å²) in [6, 6.07) is 3.57. The number of rotatable bonds is 3. The second-order valence-electron chi connectivity index (χ2n) is 4.38. The van der Waals surface area contributed by atoms with Crippen molar-refractivity contribution < 1.29 is 4.79 Å². The third-order valence-electron chi connectivity index (χ3n) is 2.90. The van der Waals surface area contributed by atoms with E-state index in [4.69, 9.17) is 5.73 Å². The van der Waals surface area contributed by atoms with Gasteiger partial charge in [0.2, 0.25) is 5.91 Å². The summed E-state index contributed by atoms with van der Waals surface area (Å²) in [4.78, 5) is 16.0. The van der Waals surface area contributed by atoms with Crippen molar-refractivity contribution in [2.45, 2.75) is 25.3 Å². The molecule has 3 N–H and O–H groups in total. The Morgan fingerprint density at radius 3 is 2.81 bits per heavy atom. The van der Waals surface area contributed by atoms with Crippen LogP contribution in [-0.4, -0.2) is 16.4 Å². The number of hydrogen-bond donors (Lipinski definition) is 2. The number of amides is 1. The van der Waals surface area contributed by atoms with Gasteiger partial charge in [-0.25, -0.2) is 4.98 Å². The molecule has 1 aromatic heterocycles. The second-order valence-corrected chi connectivity index (χ2v) is 5.19. The maximum Gasteiger partial charge on any atom is 0.244 e. The quantitative estimate of drug-likeness (QED) is 0.833. The molecular weight excluding hydrogens is 270 g/mol. The van der Waals surface area contributed by atoms with Gasteiger partial charge in [0.25, 0.3) is 0 Å². The van der Waals surface area contributed by atoms with Gasteiger partial charge in [0, 0.05) is 0 Å². The summed E-state index contributed by atoms with van der Waals surface area (Å²) < 4.78 is 0.739. The van der Waals surface area contributed by atoms with Crippen molar-refractivity contribution in [3.05, 3.63) is 22.9 Å². The Hall–Kier alpha value is -0.940. The van der Waals surface area contributed by atoms with Crippen LogP contribution in [0.1, 0.15) is 19.8 Å². The second kappa shape index (κ2) is 4.14. The Morgan fingerprint density at radius 1 is 1.62 bits per heavy atom. The first kappa shape index (κ1) is 11.5. The van der Waals surface area contributed by atoms with Crippen LogP contribution in [0.4, 0.5) is 5.69 Å². The fraction of sp³-hybridized carbons (Fsp3) is 0.455. The van der Waals surface area contributed by atoms with Gasteiger partial charge >= 0.3 is 0 Å². The van der Waals surface area contributed by atoms with E-state index in [0.29, 0.717) is 11.6 Å². The van der Waals surface area contributed by atoms with Gasteiger partial charge in [-0.15, -0.1) is 0 Å². The Morgan fingerprint density at radius 2 is 2.31 bits per heavy atom. The summed E-state index contributed by atoms with van der Waals surface area (Å²) in [6.45, 7) is 1.78. The number of nitrogens with zero attached hydrogens (tertiary/aromatic N) is 1. The molecule has 1 amide bonds. The lowest BCUT2D eigenvalue weighted by Gasteiger charge is -2.22. The van der Waals surface area contributed by atoms with E-state index >= 15 is 0 Å². The largest absolute Gasteiger partial charge is 0.323 e. The van der Waals surface area contributed by atoms with Gasteiger partial charge in [-0.2, -0.15) is 0 Å². The van der Waals surface area contributed by atoms with E-state index in [2.05, 4.69) is 26.2 Å². The zero-order chi connectivity index (χ0) is 11.8. The van der Waals surface area contributed by atoms with Crippen LogP contribution in [0.2, 0.25) is 0 Å². The van der Waals surface area contributed by atoms with Gasteiger partial charge in [0.15, 0.2) is 0 Å². The number of nitrogens with one attached hydrogen (secondary N) is 1. The summed E-state index contributed by atoms with van der Waals surface area (Å²) in [5.41, 5.74) is 5.90. The highest BCUT2D eigenvalue weighted by atomic mass is 79.9. The van der Waals surface area contributed by atoms with E-state index in [1.807, 2.05) is 0 Å². The Balaban J connectivity index is 2.04. The van der Waals surface area contributed by atoms with Crippen LogP contribution in [-0.2, 0) is 4.79 Å². The first-order chi connectivity index (χ1) is 7.50. The normalized spacial score (nSPS) is 18.9. The van der Waals surface area contributed by atoms with Gasteiger partial charge in [-0.3, -0.25) is 4.79 Å². The molecule has 1 saturated carbocycles.